The Bertz CT molecular complexity index is 397. The highest BCUT2D eigenvalue weighted by molar-refractivity contribution is 7.07. The molecule has 0 unspecified atom stereocenters. The SMILES string of the molecule is CN(CCNCc1ccoc1)Cc1ccsc1. The summed E-state index contributed by atoms with van der Waals surface area (Å²) in [4.78, 5) is 2.32. The third-order valence-electron chi connectivity index (χ3n) is 2.61. The Labute approximate surface area is 106 Å². The van der Waals surface area contributed by atoms with Crippen molar-refractivity contribution in [1.82, 2.24) is 10.2 Å². The van der Waals surface area contributed by atoms with Crippen LogP contribution in [0.15, 0.2) is 39.8 Å². The molecule has 0 aliphatic heterocycles. The lowest BCUT2D eigenvalue weighted by molar-refractivity contribution is 0.324. The summed E-state index contributed by atoms with van der Waals surface area (Å²) in [6, 6.07) is 4.17. The lowest BCUT2D eigenvalue weighted by Gasteiger charge is -2.15. The van der Waals surface area contributed by atoms with Gasteiger partial charge in [0.1, 0.15) is 0 Å². The molecule has 0 aliphatic carbocycles. The largest absolute Gasteiger partial charge is 0.472 e. The van der Waals surface area contributed by atoms with Crippen LogP contribution in [0.3, 0.4) is 0 Å². The van der Waals surface area contributed by atoms with Gasteiger partial charge in [0.15, 0.2) is 0 Å². The van der Waals surface area contributed by atoms with E-state index in [0.717, 1.165) is 26.2 Å². The molecule has 0 saturated heterocycles. The van der Waals surface area contributed by atoms with E-state index in [1.54, 1.807) is 23.9 Å². The van der Waals surface area contributed by atoms with Crippen LogP contribution in [-0.4, -0.2) is 25.0 Å². The number of nitrogens with zero attached hydrogens (tertiary/aromatic N) is 1. The van der Waals surface area contributed by atoms with Crippen molar-refractivity contribution in [2.45, 2.75) is 13.1 Å². The van der Waals surface area contributed by atoms with Gasteiger partial charge in [-0.2, -0.15) is 11.3 Å². The highest BCUT2D eigenvalue weighted by atomic mass is 32.1. The average molecular weight is 250 g/mol. The Kier molecular flexibility index (Phi) is 4.79. The molecule has 2 aromatic heterocycles. The number of hydrogen-bond donors (Lipinski definition) is 1. The maximum absolute atomic E-state index is 5.01. The number of thiophene rings is 1. The molecule has 0 bridgehead atoms. The van der Waals surface area contributed by atoms with Crippen molar-refractivity contribution in [3.63, 3.8) is 0 Å². The molecule has 92 valence electrons. The van der Waals surface area contributed by atoms with Crippen LogP contribution < -0.4 is 5.32 Å². The molecule has 0 fully saturated rings. The van der Waals surface area contributed by atoms with Gasteiger partial charge in [-0.05, 0) is 35.5 Å². The van der Waals surface area contributed by atoms with Crippen molar-refractivity contribution < 1.29 is 4.42 Å². The van der Waals surface area contributed by atoms with E-state index in [-0.39, 0.29) is 0 Å². The van der Waals surface area contributed by atoms with Crippen molar-refractivity contribution in [3.8, 4) is 0 Å². The molecule has 2 rings (SSSR count). The van der Waals surface area contributed by atoms with Crippen LogP contribution in [0.5, 0.6) is 0 Å². The summed E-state index contributed by atoms with van der Waals surface area (Å²) in [5.41, 5.74) is 2.60. The first-order valence-corrected chi connectivity index (χ1v) is 6.70. The van der Waals surface area contributed by atoms with Gasteiger partial charge in [-0.15, -0.1) is 0 Å². The normalized spacial score (nSPS) is 11.2. The van der Waals surface area contributed by atoms with Gasteiger partial charge in [0, 0.05) is 31.7 Å². The van der Waals surface area contributed by atoms with E-state index in [2.05, 4.69) is 34.1 Å². The first-order valence-electron chi connectivity index (χ1n) is 5.76. The smallest absolute Gasteiger partial charge is 0.0947 e. The first-order chi connectivity index (χ1) is 8.34. The van der Waals surface area contributed by atoms with Gasteiger partial charge < -0.3 is 14.6 Å². The van der Waals surface area contributed by atoms with Gasteiger partial charge in [0.2, 0.25) is 0 Å². The fourth-order valence-corrected chi connectivity index (χ4v) is 2.33. The topological polar surface area (TPSA) is 28.4 Å². The third-order valence-corrected chi connectivity index (χ3v) is 3.34. The van der Waals surface area contributed by atoms with E-state index in [1.807, 2.05) is 6.07 Å². The minimum atomic E-state index is 0.878. The fraction of sp³-hybridized carbons (Fsp3) is 0.385. The Balaban J connectivity index is 1.58. The molecule has 0 aliphatic rings. The van der Waals surface area contributed by atoms with Gasteiger partial charge in [-0.1, -0.05) is 0 Å². The zero-order chi connectivity index (χ0) is 11.9. The minimum Gasteiger partial charge on any atom is -0.472 e. The number of rotatable bonds is 7. The van der Waals surface area contributed by atoms with Gasteiger partial charge >= 0.3 is 0 Å². The van der Waals surface area contributed by atoms with E-state index in [9.17, 15) is 0 Å². The summed E-state index contributed by atoms with van der Waals surface area (Å²) >= 11 is 1.76. The van der Waals surface area contributed by atoms with Crippen molar-refractivity contribution in [2.75, 3.05) is 20.1 Å². The fourth-order valence-electron chi connectivity index (χ4n) is 1.67. The average Bonchev–Trinajstić information content (AvgIpc) is 2.96. The Hall–Kier alpha value is -1.10. The molecular formula is C13H18N2OS. The van der Waals surface area contributed by atoms with Crippen LogP contribution in [0, 0.1) is 0 Å². The van der Waals surface area contributed by atoms with Crippen molar-refractivity contribution in [3.05, 3.63) is 46.5 Å². The standard InChI is InChI=1S/C13H18N2OS/c1-15(9-13-3-7-17-11-13)5-4-14-8-12-2-6-16-10-12/h2-3,6-7,10-11,14H,4-5,8-9H2,1H3. The van der Waals surface area contributed by atoms with Gasteiger partial charge in [-0.25, -0.2) is 0 Å². The van der Waals surface area contributed by atoms with Gasteiger partial charge in [0.25, 0.3) is 0 Å². The molecule has 0 spiro atoms. The minimum absolute atomic E-state index is 0.878. The highest BCUT2D eigenvalue weighted by Gasteiger charge is 2.00. The van der Waals surface area contributed by atoms with E-state index in [4.69, 9.17) is 4.42 Å². The lowest BCUT2D eigenvalue weighted by Crippen LogP contribution is -2.28. The predicted octanol–water partition coefficient (Wildman–Crippen LogP) is 2.56. The molecule has 0 amide bonds. The molecular weight excluding hydrogens is 232 g/mol. The molecule has 17 heavy (non-hydrogen) atoms. The van der Waals surface area contributed by atoms with Crippen LogP contribution in [0.25, 0.3) is 0 Å². The van der Waals surface area contributed by atoms with Crippen LogP contribution in [0.4, 0.5) is 0 Å². The van der Waals surface area contributed by atoms with Crippen LogP contribution in [0.1, 0.15) is 11.1 Å². The van der Waals surface area contributed by atoms with Gasteiger partial charge in [-0.3, -0.25) is 0 Å². The summed E-state index contributed by atoms with van der Waals surface area (Å²) in [5, 5.41) is 7.73. The molecule has 4 heteroatoms. The molecule has 2 aromatic rings. The predicted molar refractivity (Wildman–Crippen MR) is 71.1 cm³/mol. The Morgan fingerprint density at radius 3 is 3.00 bits per heavy atom. The quantitative estimate of drug-likeness (QED) is 0.766. The molecule has 0 atom stereocenters. The maximum atomic E-state index is 5.01. The van der Waals surface area contributed by atoms with Crippen molar-refractivity contribution in [2.24, 2.45) is 0 Å². The van der Waals surface area contributed by atoms with Crippen LogP contribution in [-0.2, 0) is 13.1 Å². The molecule has 0 saturated carbocycles. The van der Waals surface area contributed by atoms with E-state index in [0.29, 0.717) is 0 Å². The number of nitrogens with one attached hydrogen (secondary N) is 1. The highest BCUT2D eigenvalue weighted by Crippen LogP contribution is 2.07. The molecule has 1 N–H and O–H groups in total. The lowest BCUT2D eigenvalue weighted by atomic mass is 10.3. The first kappa shape index (κ1) is 12.4. The van der Waals surface area contributed by atoms with E-state index < -0.39 is 0 Å². The van der Waals surface area contributed by atoms with Crippen molar-refractivity contribution >= 4 is 11.3 Å². The summed E-state index contributed by atoms with van der Waals surface area (Å²) < 4.78 is 5.01. The summed E-state index contributed by atoms with van der Waals surface area (Å²) in [6.45, 7) is 3.94. The summed E-state index contributed by atoms with van der Waals surface area (Å²) in [6.07, 6.45) is 3.49. The Morgan fingerprint density at radius 2 is 2.29 bits per heavy atom. The second kappa shape index (κ2) is 6.59. The molecule has 3 nitrogen and oxygen atoms in total. The van der Waals surface area contributed by atoms with Crippen LogP contribution in [0.2, 0.25) is 0 Å². The summed E-state index contributed by atoms with van der Waals surface area (Å²) in [7, 11) is 2.15. The van der Waals surface area contributed by atoms with E-state index >= 15 is 0 Å². The molecule has 2 heterocycles. The van der Waals surface area contributed by atoms with Gasteiger partial charge in [0.05, 0.1) is 12.5 Å². The number of furan rings is 1. The second-order valence-electron chi connectivity index (χ2n) is 4.18. The Morgan fingerprint density at radius 1 is 1.35 bits per heavy atom. The monoisotopic (exact) mass is 250 g/mol. The second-order valence-corrected chi connectivity index (χ2v) is 4.96. The number of likely N-dealkylation sites (N-methyl/N-ethyl adjacent to an activating group) is 1. The van der Waals surface area contributed by atoms with E-state index in [1.165, 1.54) is 11.1 Å². The zero-order valence-electron chi connectivity index (χ0n) is 10.1. The molecule has 0 radical (unpaired) electrons. The number of hydrogen-bond acceptors (Lipinski definition) is 4. The molecule has 0 aromatic carbocycles. The third kappa shape index (κ3) is 4.34. The van der Waals surface area contributed by atoms with Crippen LogP contribution >= 0.6 is 11.3 Å². The zero-order valence-corrected chi connectivity index (χ0v) is 10.9. The van der Waals surface area contributed by atoms with Crippen molar-refractivity contribution in [1.29, 1.82) is 0 Å². The summed E-state index contributed by atoms with van der Waals surface area (Å²) in [5.74, 6) is 0. The maximum Gasteiger partial charge on any atom is 0.0947 e.